The minimum absolute atomic E-state index is 0.400. The lowest BCUT2D eigenvalue weighted by molar-refractivity contribution is 0.415. The van der Waals surface area contributed by atoms with Crippen LogP contribution in [-0.2, 0) is 0 Å². The Morgan fingerprint density at radius 1 is 1.31 bits per heavy atom. The van der Waals surface area contributed by atoms with Gasteiger partial charge in [-0.25, -0.2) is 0 Å². The van der Waals surface area contributed by atoms with Crippen LogP contribution in [0, 0.1) is 0 Å². The van der Waals surface area contributed by atoms with Gasteiger partial charge in [-0.3, -0.25) is 0 Å². The Bertz CT molecular complexity index is 363. The highest BCUT2D eigenvalue weighted by Gasteiger charge is 2.11. The number of hydrogen-bond acceptors (Lipinski definition) is 1. The van der Waals surface area contributed by atoms with Crippen LogP contribution in [0.25, 0.3) is 0 Å². The summed E-state index contributed by atoms with van der Waals surface area (Å²) in [6, 6.07) is 3.83. The van der Waals surface area contributed by atoms with Crippen molar-refractivity contribution in [1.82, 2.24) is 0 Å². The standard InChI is InChI=1S/C13H16Cl2O/c1-4-5-6-9(2)10-7-11(14)13(16-3)12(15)8-10/h4-5,7-9H,6H2,1-3H3/b5-4-. The van der Waals surface area contributed by atoms with Gasteiger partial charge in [0.1, 0.15) is 0 Å². The van der Waals surface area contributed by atoms with E-state index in [0.717, 1.165) is 12.0 Å². The normalized spacial score (nSPS) is 13.1. The van der Waals surface area contributed by atoms with Gasteiger partial charge in [0.25, 0.3) is 0 Å². The molecule has 0 spiro atoms. The van der Waals surface area contributed by atoms with Crippen molar-refractivity contribution in [3.8, 4) is 5.75 Å². The van der Waals surface area contributed by atoms with Gasteiger partial charge in [-0.15, -0.1) is 0 Å². The largest absolute Gasteiger partial charge is 0.494 e. The predicted octanol–water partition coefficient (Wildman–Crippen LogP) is 5.07. The second-order valence-electron chi connectivity index (χ2n) is 3.72. The first-order valence-electron chi connectivity index (χ1n) is 5.24. The molecule has 0 N–H and O–H groups in total. The van der Waals surface area contributed by atoms with Gasteiger partial charge in [0, 0.05) is 0 Å². The highest BCUT2D eigenvalue weighted by molar-refractivity contribution is 6.37. The van der Waals surface area contributed by atoms with Crippen molar-refractivity contribution in [3.05, 3.63) is 39.9 Å². The monoisotopic (exact) mass is 258 g/mol. The van der Waals surface area contributed by atoms with E-state index < -0.39 is 0 Å². The van der Waals surface area contributed by atoms with Gasteiger partial charge >= 0.3 is 0 Å². The summed E-state index contributed by atoms with van der Waals surface area (Å²) in [5.41, 5.74) is 1.13. The van der Waals surface area contributed by atoms with E-state index in [0.29, 0.717) is 21.7 Å². The average molecular weight is 259 g/mol. The molecule has 0 fully saturated rings. The van der Waals surface area contributed by atoms with E-state index in [1.807, 2.05) is 25.1 Å². The molecular formula is C13H16Cl2O. The summed E-state index contributed by atoms with van der Waals surface area (Å²) < 4.78 is 5.11. The van der Waals surface area contributed by atoms with Gasteiger partial charge in [0.15, 0.2) is 5.75 Å². The average Bonchev–Trinajstić information content (AvgIpc) is 2.25. The van der Waals surface area contributed by atoms with Crippen LogP contribution in [-0.4, -0.2) is 7.11 Å². The maximum Gasteiger partial charge on any atom is 0.156 e. The quantitative estimate of drug-likeness (QED) is 0.686. The van der Waals surface area contributed by atoms with Gasteiger partial charge in [-0.2, -0.15) is 0 Å². The molecule has 0 saturated carbocycles. The predicted molar refractivity (Wildman–Crippen MR) is 70.9 cm³/mol. The van der Waals surface area contributed by atoms with E-state index in [4.69, 9.17) is 27.9 Å². The summed E-state index contributed by atoms with van der Waals surface area (Å²) in [7, 11) is 1.57. The van der Waals surface area contributed by atoms with Crippen LogP contribution in [0.1, 0.15) is 31.7 Å². The lowest BCUT2D eigenvalue weighted by Crippen LogP contribution is -1.94. The molecule has 0 aliphatic heterocycles. The first kappa shape index (κ1) is 13.4. The van der Waals surface area contributed by atoms with Gasteiger partial charge in [-0.1, -0.05) is 42.3 Å². The minimum Gasteiger partial charge on any atom is -0.494 e. The van der Waals surface area contributed by atoms with Crippen LogP contribution in [0.4, 0.5) is 0 Å². The van der Waals surface area contributed by atoms with Crippen molar-refractivity contribution in [1.29, 1.82) is 0 Å². The van der Waals surface area contributed by atoms with E-state index in [1.165, 1.54) is 0 Å². The molecule has 3 heteroatoms. The highest BCUT2D eigenvalue weighted by Crippen LogP contribution is 2.36. The third-order valence-electron chi connectivity index (χ3n) is 2.52. The molecule has 0 saturated heterocycles. The molecule has 1 aromatic carbocycles. The summed E-state index contributed by atoms with van der Waals surface area (Å²) in [6.45, 7) is 4.16. The van der Waals surface area contributed by atoms with Gasteiger partial charge in [0.05, 0.1) is 17.2 Å². The topological polar surface area (TPSA) is 9.23 Å². The van der Waals surface area contributed by atoms with Crippen molar-refractivity contribution < 1.29 is 4.74 Å². The number of halogens is 2. The van der Waals surface area contributed by atoms with Crippen LogP contribution < -0.4 is 4.74 Å². The number of rotatable bonds is 4. The van der Waals surface area contributed by atoms with Gasteiger partial charge < -0.3 is 4.74 Å². The fraction of sp³-hybridized carbons (Fsp3) is 0.385. The fourth-order valence-corrected chi connectivity index (χ4v) is 2.19. The summed E-state index contributed by atoms with van der Waals surface area (Å²) in [6.07, 6.45) is 5.16. The van der Waals surface area contributed by atoms with E-state index in [2.05, 4.69) is 13.0 Å². The van der Waals surface area contributed by atoms with Crippen molar-refractivity contribution in [2.24, 2.45) is 0 Å². The Morgan fingerprint density at radius 2 is 1.88 bits per heavy atom. The van der Waals surface area contributed by atoms with E-state index in [-0.39, 0.29) is 0 Å². The summed E-state index contributed by atoms with van der Waals surface area (Å²) in [4.78, 5) is 0. The number of methoxy groups -OCH3 is 1. The molecule has 0 aliphatic rings. The Hall–Kier alpha value is -0.660. The molecule has 16 heavy (non-hydrogen) atoms. The molecule has 88 valence electrons. The number of allylic oxidation sites excluding steroid dienone is 2. The molecular weight excluding hydrogens is 243 g/mol. The molecule has 0 aromatic heterocycles. The molecule has 1 atom stereocenters. The van der Waals surface area contributed by atoms with Crippen molar-refractivity contribution in [2.45, 2.75) is 26.2 Å². The third kappa shape index (κ3) is 3.16. The summed E-state index contributed by atoms with van der Waals surface area (Å²) in [5, 5.41) is 1.13. The van der Waals surface area contributed by atoms with Gasteiger partial charge in [-0.05, 0) is 37.0 Å². The van der Waals surface area contributed by atoms with E-state index >= 15 is 0 Å². The second-order valence-corrected chi connectivity index (χ2v) is 4.54. The summed E-state index contributed by atoms with van der Waals surface area (Å²) >= 11 is 12.2. The van der Waals surface area contributed by atoms with Crippen LogP contribution in [0.5, 0.6) is 5.75 Å². The maximum absolute atomic E-state index is 6.09. The minimum atomic E-state index is 0.400. The zero-order chi connectivity index (χ0) is 12.1. The van der Waals surface area contributed by atoms with Crippen LogP contribution in [0.2, 0.25) is 10.0 Å². The van der Waals surface area contributed by atoms with Crippen molar-refractivity contribution in [3.63, 3.8) is 0 Å². The number of ether oxygens (including phenoxy) is 1. The molecule has 1 rings (SSSR count). The molecule has 0 bridgehead atoms. The molecule has 0 aliphatic carbocycles. The fourth-order valence-electron chi connectivity index (χ4n) is 1.54. The van der Waals surface area contributed by atoms with Crippen LogP contribution >= 0.6 is 23.2 Å². The molecule has 1 nitrogen and oxygen atoms in total. The Balaban J connectivity index is 2.98. The molecule has 0 amide bonds. The number of benzene rings is 1. The zero-order valence-corrected chi connectivity index (χ0v) is 11.3. The van der Waals surface area contributed by atoms with E-state index in [9.17, 15) is 0 Å². The molecule has 1 aromatic rings. The van der Waals surface area contributed by atoms with Crippen molar-refractivity contribution in [2.75, 3.05) is 7.11 Å². The van der Waals surface area contributed by atoms with Gasteiger partial charge in [0.2, 0.25) is 0 Å². The smallest absolute Gasteiger partial charge is 0.156 e. The SMILES string of the molecule is C/C=C\CC(C)c1cc(Cl)c(OC)c(Cl)c1. The van der Waals surface area contributed by atoms with Crippen LogP contribution in [0.15, 0.2) is 24.3 Å². The first-order valence-corrected chi connectivity index (χ1v) is 5.99. The van der Waals surface area contributed by atoms with Crippen molar-refractivity contribution >= 4 is 23.2 Å². The maximum atomic E-state index is 6.09. The first-order chi connectivity index (χ1) is 7.60. The third-order valence-corrected chi connectivity index (χ3v) is 3.08. The molecule has 0 radical (unpaired) electrons. The zero-order valence-electron chi connectivity index (χ0n) is 9.76. The number of hydrogen-bond donors (Lipinski definition) is 0. The van der Waals surface area contributed by atoms with E-state index in [1.54, 1.807) is 7.11 Å². The lowest BCUT2D eigenvalue weighted by Gasteiger charge is -2.13. The summed E-state index contributed by atoms with van der Waals surface area (Å²) in [5.74, 6) is 0.947. The Kier molecular flexibility index (Phi) is 5.17. The highest BCUT2D eigenvalue weighted by atomic mass is 35.5. The Morgan fingerprint density at radius 3 is 2.31 bits per heavy atom. The second kappa shape index (κ2) is 6.17. The molecule has 1 unspecified atom stereocenters. The van der Waals surface area contributed by atoms with Crippen LogP contribution in [0.3, 0.4) is 0 Å². The lowest BCUT2D eigenvalue weighted by atomic mass is 9.97. The molecule has 0 heterocycles. The Labute approximate surface area is 107 Å².